The highest BCUT2D eigenvalue weighted by atomic mass is 16.5. The molecule has 5 heteroatoms. The van der Waals surface area contributed by atoms with Gasteiger partial charge in [0.1, 0.15) is 23.7 Å². The lowest BCUT2D eigenvalue weighted by Gasteiger charge is -2.16. The minimum absolute atomic E-state index is 0.0620. The number of hydrogen-bond acceptors (Lipinski definition) is 5. The standard InChI is InChI=1S/C24H24O5/c1-4-18-14-21(25)19-11-12-22(28-16(2)3)20(24(19)29-18)15-27-23(26)13-10-17-8-6-5-7-9-17/h5-14,16H,4,15H2,1-3H3/b13-10+. The molecule has 0 spiro atoms. The van der Waals surface area contributed by atoms with Gasteiger partial charge in [0, 0.05) is 18.6 Å². The van der Waals surface area contributed by atoms with Crippen molar-refractivity contribution >= 4 is 23.0 Å². The predicted octanol–water partition coefficient (Wildman–Crippen LogP) is 4.90. The average molecular weight is 392 g/mol. The lowest BCUT2D eigenvalue weighted by molar-refractivity contribution is -0.138. The van der Waals surface area contributed by atoms with Crippen molar-refractivity contribution in [2.75, 3.05) is 0 Å². The molecule has 0 unspecified atom stereocenters. The number of fused-ring (bicyclic) bond motifs is 1. The van der Waals surface area contributed by atoms with Gasteiger partial charge in [0.15, 0.2) is 5.43 Å². The number of rotatable bonds is 7. The molecule has 0 saturated carbocycles. The monoisotopic (exact) mass is 392 g/mol. The van der Waals surface area contributed by atoms with Crippen LogP contribution < -0.4 is 10.2 Å². The third-order valence-electron chi connectivity index (χ3n) is 4.29. The first-order chi connectivity index (χ1) is 14.0. The van der Waals surface area contributed by atoms with Gasteiger partial charge in [0.05, 0.1) is 17.1 Å². The maximum Gasteiger partial charge on any atom is 0.331 e. The zero-order chi connectivity index (χ0) is 20.8. The van der Waals surface area contributed by atoms with E-state index in [1.807, 2.05) is 51.1 Å². The molecule has 3 rings (SSSR count). The van der Waals surface area contributed by atoms with Gasteiger partial charge in [-0.3, -0.25) is 4.79 Å². The average Bonchev–Trinajstić information content (AvgIpc) is 2.71. The molecule has 5 nitrogen and oxygen atoms in total. The van der Waals surface area contributed by atoms with Crippen LogP contribution in [0.4, 0.5) is 0 Å². The summed E-state index contributed by atoms with van der Waals surface area (Å²) in [5.74, 6) is 0.611. The van der Waals surface area contributed by atoms with E-state index in [1.165, 1.54) is 12.1 Å². The number of carbonyl (C=O) groups excluding carboxylic acids is 1. The summed E-state index contributed by atoms with van der Waals surface area (Å²) in [7, 11) is 0. The molecule has 0 fully saturated rings. The molecule has 0 aliphatic carbocycles. The minimum Gasteiger partial charge on any atom is -0.490 e. The van der Waals surface area contributed by atoms with Crippen molar-refractivity contribution in [2.24, 2.45) is 0 Å². The molecule has 0 N–H and O–H groups in total. The molecule has 0 radical (unpaired) electrons. The van der Waals surface area contributed by atoms with Crippen LogP contribution in [0.15, 0.2) is 63.8 Å². The Labute approximate surface area is 169 Å². The van der Waals surface area contributed by atoms with Crippen LogP contribution in [0.3, 0.4) is 0 Å². The van der Waals surface area contributed by atoms with Gasteiger partial charge in [-0.15, -0.1) is 0 Å². The summed E-state index contributed by atoms with van der Waals surface area (Å²) >= 11 is 0. The van der Waals surface area contributed by atoms with Crippen molar-refractivity contribution in [3.05, 3.63) is 81.7 Å². The summed E-state index contributed by atoms with van der Waals surface area (Å²) in [6.45, 7) is 5.66. The maximum atomic E-state index is 12.4. The lowest BCUT2D eigenvalue weighted by atomic mass is 10.1. The van der Waals surface area contributed by atoms with Gasteiger partial charge in [-0.05, 0) is 37.6 Å². The van der Waals surface area contributed by atoms with E-state index >= 15 is 0 Å². The molecule has 1 heterocycles. The van der Waals surface area contributed by atoms with Crippen molar-refractivity contribution in [3.8, 4) is 5.75 Å². The fraction of sp³-hybridized carbons (Fsp3) is 0.250. The molecular weight excluding hydrogens is 368 g/mol. The van der Waals surface area contributed by atoms with Crippen molar-refractivity contribution in [2.45, 2.75) is 39.9 Å². The minimum atomic E-state index is -0.490. The fourth-order valence-electron chi connectivity index (χ4n) is 2.90. The van der Waals surface area contributed by atoms with Gasteiger partial charge >= 0.3 is 5.97 Å². The normalized spacial score (nSPS) is 11.3. The molecule has 0 saturated heterocycles. The Bertz CT molecular complexity index is 1080. The smallest absolute Gasteiger partial charge is 0.331 e. The highest BCUT2D eigenvalue weighted by Crippen LogP contribution is 2.29. The van der Waals surface area contributed by atoms with Crippen LogP contribution in [0, 0.1) is 0 Å². The van der Waals surface area contributed by atoms with Crippen molar-refractivity contribution in [3.63, 3.8) is 0 Å². The number of ether oxygens (including phenoxy) is 2. The molecule has 150 valence electrons. The van der Waals surface area contributed by atoms with E-state index in [2.05, 4.69) is 0 Å². The van der Waals surface area contributed by atoms with E-state index in [1.54, 1.807) is 18.2 Å². The van der Waals surface area contributed by atoms with E-state index in [0.717, 1.165) is 5.56 Å². The largest absolute Gasteiger partial charge is 0.490 e. The van der Waals surface area contributed by atoms with Crippen LogP contribution in [0.25, 0.3) is 17.0 Å². The van der Waals surface area contributed by atoms with Crippen molar-refractivity contribution < 1.29 is 18.7 Å². The Morgan fingerprint density at radius 1 is 1.14 bits per heavy atom. The molecule has 0 bridgehead atoms. The summed E-state index contributed by atoms with van der Waals surface area (Å²) in [5, 5.41) is 0.434. The Balaban J connectivity index is 1.91. The number of carbonyl (C=O) groups is 1. The van der Waals surface area contributed by atoms with E-state index < -0.39 is 5.97 Å². The molecular formula is C24H24O5. The molecule has 0 amide bonds. The van der Waals surface area contributed by atoms with Gasteiger partial charge in [0.2, 0.25) is 0 Å². The first kappa shape index (κ1) is 20.4. The quantitative estimate of drug-likeness (QED) is 0.423. The Morgan fingerprint density at radius 2 is 1.90 bits per heavy atom. The number of hydrogen-bond donors (Lipinski definition) is 0. The van der Waals surface area contributed by atoms with Gasteiger partial charge in [-0.2, -0.15) is 0 Å². The maximum absolute atomic E-state index is 12.4. The molecule has 29 heavy (non-hydrogen) atoms. The second kappa shape index (κ2) is 9.24. The van der Waals surface area contributed by atoms with Gasteiger partial charge < -0.3 is 13.9 Å². The first-order valence-corrected chi connectivity index (χ1v) is 9.63. The summed E-state index contributed by atoms with van der Waals surface area (Å²) < 4.78 is 17.2. The molecule has 0 aliphatic heterocycles. The Morgan fingerprint density at radius 3 is 2.59 bits per heavy atom. The third-order valence-corrected chi connectivity index (χ3v) is 4.29. The summed E-state index contributed by atoms with van der Waals surface area (Å²) in [5.41, 5.74) is 1.71. The van der Waals surface area contributed by atoms with Gasteiger partial charge in [-0.1, -0.05) is 37.3 Å². The molecule has 2 aromatic carbocycles. The lowest BCUT2D eigenvalue weighted by Crippen LogP contribution is -2.11. The van der Waals surface area contributed by atoms with E-state index in [-0.39, 0.29) is 18.1 Å². The van der Waals surface area contributed by atoms with Crippen molar-refractivity contribution in [1.82, 2.24) is 0 Å². The Kier molecular flexibility index (Phi) is 6.50. The van der Waals surface area contributed by atoms with Crippen LogP contribution in [-0.2, 0) is 22.6 Å². The Hall–Kier alpha value is -3.34. The zero-order valence-corrected chi connectivity index (χ0v) is 16.8. The highest BCUT2D eigenvalue weighted by Gasteiger charge is 2.17. The van der Waals surface area contributed by atoms with Crippen LogP contribution >= 0.6 is 0 Å². The van der Waals surface area contributed by atoms with Crippen LogP contribution in [-0.4, -0.2) is 12.1 Å². The second-order valence-electron chi connectivity index (χ2n) is 6.87. The number of aryl methyl sites for hydroxylation is 1. The molecule has 3 aromatic rings. The summed E-state index contributed by atoms with van der Waals surface area (Å²) in [4.78, 5) is 24.6. The van der Waals surface area contributed by atoms with Gasteiger partial charge in [0.25, 0.3) is 0 Å². The van der Waals surface area contributed by atoms with Crippen LogP contribution in [0.5, 0.6) is 5.75 Å². The first-order valence-electron chi connectivity index (χ1n) is 9.63. The van der Waals surface area contributed by atoms with Gasteiger partial charge in [-0.25, -0.2) is 4.79 Å². The van der Waals surface area contributed by atoms with Crippen molar-refractivity contribution in [1.29, 1.82) is 0 Å². The topological polar surface area (TPSA) is 65.7 Å². The second-order valence-corrected chi connectivity index (χ2v) is 6.87. The SMILES string of the molecule is CCc1cc(=O)c2ccc(OC(C)C)c(COC(=O)/C=C/c3ccccc3)c2o1. The molecule has 0 atom stereocenters. The summed E-state index contributed by atoms with van der Waals surface area (Å²) in [6.07, 6.45) is 3.56. The van der Waals surface area contributed by atoms with Crippen LogP contribution in [0.1, 0.15) is 37.7 Å². The number of esters is 1. The molecule has 0 aliphatic rings. The predicted molar refractivity (Wildman–Crippen MR) is 113 cm³/mol. The zero-order valence-electron chi connectivity index (χ0n) is 16.8. The number of benzene rings is 2. The molecule has 1 aromatic heterocycles. The fourth-order valence-corrected chi connectivity index (χ4v) is 2.90. The van der Waals surface area contributed by atoms with Crippen LogP contribution in [0.2, 0.25) is 0 Å². The third kappa shape index (κ3) is 5.13. The highest BCUT2D eigenvalue weighted by molar-refractivity contribution is 5.87. The summed E-state index contributed by atoms with van der Waals surface area (Å²) in [6, 6.07) is 14.4. The van der Waals surface area contributed by atoms with E-state index in [0.29, 0.717) is 34.5 Å². The van der Waals surface area contributed by atoms with E-state index in [4.69, 9.17) is 13.9 Å². The van der Waals surface area contributed by atoms with E-state index in [9.17, 15) is 9.59 Å².